The number of benzene rings is 2. The molecule has 1 aliphatic carbocycles. The number of carbonyl (C=O) groups excluding carboxylic acids is 1. The Balaban J connectivity index is 1.61. The number of carbonyl (C=O) groups is 1. The molecule has 6 nitrogen and oxygen atoms in total. The molecule has 1 aromatic heterocycles. The van der Waals surface area contributed by atoms with E-state index < -0.39 is 5.97 Å². The monoisotopic (exact) mass is 403 g/mol. The third kappa shape index (κ3) is 4.76. The molecule has 0 aliphatic heterocycles. The van der Waals surface area contributed by atoms with Crippen LogP contribution >= 0.6 is 0 Å². The van der Waals surface area contributed by atoms with Gasteiger partial charge < -0.3 is 9.47 Å². The van der Waals surface area contributed by atoms with E-state index >= 15 is 0 Å². The van der Waals surface area contributed by atoms with Gasteiger partial charge in [0.25, 0.3) is 0 Å². The maximum absolute atomic E-state index is 11.8. The van der Waals surface area contributed by atoms with Crippen molar-refractivity contribution in [3.8, 4) is 17.0 Å². The summed E-state index contributed by atoms with van der Waals surface area (Å²) in [5.74, 6) is 0.205. The highest BCUT2D eigenvalue weighted by Crippen LogP contribution is 2.35. The van der Waals surface area contributed by atoms with E-state index in [-0.39, 0.29) is 6.61 Å². The molecule has 4 rings (SSSR count). The summed E-state index contributed by atoms with van der Waals surface area (Å²) in [6.45, 7) is 2.60. The van der Waals surface area contributed by atoms with Crippen LogP contribution < -0.4 is 4.74 Å². The lowest BCUT2D eigenvalue weighted by Crippen LogP contribution is -2.15. The molecule has 0 spiro atoms. The first-order chi connectivity index (χ1) is 14.7. The molecule has 0 radical (unpaired) electrons. The molecule has 30 heavy (non-hydrogen) atoms. The third-order valence-corrected chi connectivity index (χ3v) is 5.04. The molecule has 0 atom stereocenters. The minimum atomic E-state index is -0.390. The zero-order chi connectivity index (χ0) is 20.8. The molecule has 0 unspecified atom stereocenters. The summed E-state index contributed by atoms with van der Waals surface area (Å²) in [6, 6.07) is 16.1. The van der Waals surface area contributed by atoms with E-state index in [1.54, 1.807) is 11.6 Å². The number of aromatic nitrogens is 3. The predicted octanol–water partition coefficient (Wildman–Crippen LogP) is 4.50. The lowest BCUT2D eigenvalue weighted by atomic mass is 10.0. The maximum Gasteiger partial charge on any atom is 0.344 e. The lowest BCUT2D eigenvalue weighted by molar-refractivity contribution is -0.145. The van der Waals surface area contributed by atoms with Crippen molar-refractivity contribution in [2.24, 2.45) is 0 Å². The summed E-state index contributed by atoms with van der Waals surface area (Å²) in [7, 11) is 0. The SMILES string of the molecule is CCOC(=O)COc1ccc(C2=CCCC2)cc1-c1cn(Cc2ccccc2)nn1. The van der Waals surface area contributed by atoms with Gasteiger partial charge >= 0.3 is 5.97 Å². The van der Waals surface area contributed by atoms with Crippen LogP contribution in [-0.4, -0.2) is 34.2 Å². The molecule has 3 aromatic rings. The zero-order valence-electron chi connectivity index (χ0n) is 17.1. The van der Waals surface area contributed by atoms with Crippen molar-refractivity contribution in [2.75, 3.05) is 13.2 Å². The van der Waals surface area contributed by atoms with E-state index in [0.29, 0.717) is 24.6 Å². The van der Waals surface area contributed by atoms with E-state index in [9.17, 15) is 4.79 Å². The minimum absolute atomic E-state index is 0.138. The summed E-state index contributed by atoms with van der Waals surface area (Å²) in [6.07, 6.45) is 7.55. The topological polar surface area (TPSA) is 66.2 Å². The van der Waals surface area contributed by atoms with Gasteiger partial charge in [-0.2, -0.15) is 0 Å². The van der Waals surface area contributed by atoms with E-state index in [0.717, 1.165) is 29.5 Å². The Hall–Kier alpha value is -3.41. The number of allylic oxidation sites excluding steroid dienone is 2. The summed E-state index contributed by atoms with van der Waals surface area (Å²) >= 11 is 0. The van der Waals surface area contributed by atoms with E-state index in [4.69, 9.17) is 9.47 Å². The Morgan fingerprint density at radius 3 is 2.80 bits per heavy atom. The number of hydrogen-bond acceptors (Lipinski definition) is 5. The fourth-order valence-electron chi connectivity index (χ4n) is 3.60. The Morgan fingerprint density at radius 2 is 2.03 bits per heavy atom. The third-order valence-electron chi connectivity index (χ3n) is 5.04. The fourth-order valence-corrected chi connectivity index (χ4v) is 3.60. The van der Waals surface area contributed by atoms with E-state index in [2.05, 4.69) is 34.6 Å². The molecule has 0 saturated carbocycles. The molecular weight excluding hydrogens is 378 g/mol. The summed E-state index contributed by atoms with van der Waals surface area (Å²) in [4.78, 5) is 11.8. The molecule has 0 N–H and O–H groups in total. The number of hydrogen-bond donors (Lipinski definition) is 0. The van der Waals surface area contributed by atoms with Crippen molar-refractivity contribution < 1.29 is 14.3 Å². The van der Waals surface area contributed by atoms with Crippen molar-refractivity contribution in [3.63, 3.8) is 0 Å². The summed E-state index contributed by atoms with van der Waals surface area (Å²) in [5.41, 5.74) is 5.18. The highest BCUT2D eigenvalue weighted by atomic mass is 16.6. The number of ether oxygens (including phenoxy) is 2. The molecule has 1 heterocycles. The van der Waals surface area contributed by atoms with Crippen LogP contribution in [-0.2, 0) is 16.1 Å². The zero-order valence-corrected chi connectivity index (χ0v) is 17.1. The van der Waals surface area contributed by atoms with Crippen LogP contribution in [0.4, 0.5) is 0 Å². The molecule has 0 saturated heterocycles. The van der Waals surface area contributed by atoms with Crippen LogP contribution in [0.5, 0.6) is 5.75 Å². The second-order valence-corrected chi connectivity index (χ2v) is 7.21. The molecule has 6 heteroatoms. The largest absolute Gasteiger partial charge is 0.481 e. The first-order valence-electron chi connectivity index (χ1n) is 10.3. The first-order valence-corrected chi connectivity index (χ1v) is 10.3. The molecule has 0 bridgehead atoms. The van der Waals surface area contributed by atoms with Gasteiger partial charge in [0, 0.05) is 5.56 Å². The normalized spacial score (nSPS) is 13.2. The predicted molar refractivity (Wildman–Crippen MR) is 115 cm³/mol. The van der Waals surface area contributed by atoms with Gasteiger partial charge in [0.2, 0.25) is 0 Å². The molecule has 0 fully saturated rings. The second-order valence-electron chi connectivity index (χ2n) is 7.21. The van der Waals surface area contributed by atoms with Gasteiger partial charge in [0.05, 0.1) is 19.3 Å². The van der Waals surface area contributed by atoms with Gasteiger partial charge in [-0.1, -0.05) is 47.7 Å². The molecular formula is C24H25N3O3. The van der Waals surface area contributed by atoms with Crippen molar-refractivity contribution >= 4 is 11.5 Å². The van der Waals surface area contributed by atoms with Gasteiger partial charge in [-0.25, -0.2) is 9.48 Å². The van der Waals surface area contributed by atoms with Crippen molar-refractivity contribution in [2.45, 2.75) is 32.7 Å². The van der Waals surface area contributed by atoms with Crippen LogP contribution in [0.2, 0.25) is 0 Å². The van der Waals surface area contributed by atoms with Gasteiger partial charge in [-0.05, 0) is 55.0 Å². The average molecular weight is 403 g/mol. The van der Waals surface area contributed by atoms with E-state index in [1.165, 1.54) is 12.0 Å². The maximum atomic E-state index is 11.8. The average Bonchev–Trinajstić information content (AvgIpc) is 3.46. The van der Waals surface area contributed by atoms with Crippen LogP contribution in [0.15, 0.2) is 60.8 Å². The number of esters is 1. The highest BCUT2D eigenvalue weighted by Gasteiger charge is 2.16. The van der Waals surface area contributed by atoms with Crippen LogP contribution in [0.3, 0.4) is 0 Å². The Kier molecular flexibility index (Phi) is 6.23. The molecule has 0 amide bonds. The van der Waals surface area contributed by atoms with Gasteiger partial charge in [0.1, 0.15) is 11.4 Å². The lowest BCUT2D eigenvalue weighted by Gasteiger charge is -2.12. The van der Waals surface area contributed by atoms with Crippen molar-refractivity contribution in [1.82, 2.24) is 15.0 Å². The van der Waals surface area contributed by atoms with E-state index in [1.807, 2.05) is 36.5 Å². The van der Waals surface area contributed by atoms with Crippen molar-refractivity contribution in [1.29, 1.82) is 0 Å². The Labute approximate surface area is 176 Å². The molecule has 1 aliphatic rings. The highest BCUT2D eigenvalue weighted by molar-refractivity contribution is 5.76. The second kappa shape index (κ2) is 9.39. The smallest absolute Gasteiger partial charge is 0.344 e. The van der Waals surface area contributed by atoms with Gasteiger partial charge in [-0.15, -0.1) is 5.10 Å². The van der Waals surface area contributed by atoms with Crippen LogP contribution in [0.1, 0.15) is 37.3 Å². The molecule has 2 aromatic carbocycles. The summed E-state index contributed by atoms with van der Waals surface area (Å²) < 4.78 is 12.6. The standard InChI is InChI=1S/C24H25N3O3/c1-2-29-24(28)17-30-23-13-12-20(19-10-6-7-11-19)14-21(23)22-16-27(26-25-22)15-18-8-4-3-5-9-18/h3-5,8-10,12-14,16H,2,6-7,11,15,17H2,1H3. The van der Waals surface area contributed by atoms with Crippen molar-refractivity contribution in [3.05, 3.63) is 71.9 Å². The van der Waals surface area contributed by atoms with Crippen LogP contribution in [0, 0.1) is 0 Å². The quantitative estimate of drug-likeness (QED) is 0.518. The summed E-state index contributed by atoms with van der Waals surface area (Å²) in [5, 5.41) is 8.66. The number of rotatable bonds is 8. The Morgan fingerprint density at radius 1 is 1.17 bits per heavy atom. The Bertz CT molecular complexity index is 1040. The van der Waals surface area contributed by atoms with Gasteiger partial charge in [-0.3, -0.25) is 0 Å². The first kappa shape index (κ1) is 19.9. The van der Waals surface area contributed by atoms with Gasteiger partial charge in [0.15, 0.2) is 6.61 Å². The number of nitrogens with zero attached hydrogens (tertiary/aromatic N) is 3. The molecule has 154 valence electrons. The fraction of sp³-hybridized carbons (Fsp3) is 0.292. The van der Waals surface area contributed by atoms with Crippen LogP contribution in [0.25, 0.3) is 16.8 Å². The minimum Gasteiger partial charge on any atom is -0.481 e.